The second-order valence-corrected chi connectivity index (χ2v) is 6.45. The molecule has 174 valence electrons. The van der Waals surface area contributed by atoms with Crippen molar-refractivity contribution in [1.82, 2.24) is 0 Å². The predicted molar refractivity (Wildman–Crippen MR) is 61.6 cm³/mol. The molecule has 0 spiro atoms. The molecule has 0 aliphatic carbocycles. The molecular formula is C12H9F15O2. The fraction of sp³-hybridized carbons (Fsp3) is 0.917. The number of rotatable bonds is 6. The molecule has 0 saturated carbocycles. The van der Waals surface area contributed by atoms with Crippen LogP contribution in [0.1, 0.15) is 20.8 Å². The molecule has 0 radical (unpaired) electrons. The minimum Gasteiger partial charge on any atom is -0.455 e. The quantitative estimate of drug-likeness (QED) is 0.368. The van der Waals surface area contributed by atoms with Gasteiger partial charge in [-0.05, 0) is 20.8 Å². The van der Waals surface area contributed by atoms with Crippen molar-refractivity contribution in [3.63, 3.8) is 0 Å². The molecule has 0 atom stereocenters. The Hall–Kier alpha value is -1.58. The van der Waals surface area contributed by atoms with Crippen LogP contribution in [0.4, 0.5) is 65.9 Å². The second-order valence-electron chi connectivity index (χ2n) is 6.45. The van der Waals surface area contributed by atoms with E-state index in [2.05, 4.69) is 4.74 Å². The molecule has 0 amide bonds. The molecule has 0 fully saturated rings. The number of halogens is 15. The maximum atomic E-state index is 13.4. The molecule has 0 saturated heterocycles. The van der Waals surface area contributed by atoms with Gasteiger partial charge in [-0.15, -0.1) is 0 Å². The van der Waals surface area contributed by atoms with Gasteiger partial charge in [0, 0.05) is 0 Å². The van der Waals surface area contributed by atoms with Crippen LogP contribution in [0, 0.1) is 0 Å². The molecule has 0 aromatic rings. The van der Waals surface area contributed by atoms with Gasteiger partial charge in [0.25, 0.3) is 0 Å². The third-order valence-electron chi connectivity index (χ3n) is 2.98. The number of carbonyl (C=O) groups excluding carboxylic acids is 1. The fourth-order valence-electron chi connectivity index (χ4n) is 1.44. The fourth-order valence-corrected chi connectivity index (χ4v) is 1.44. The minimum atomic E-state index is -8.44. The molecular weight excluding hydrogens is 461 g/mol. The first-order valence-electron chi connectivity index (χ1n) is 6.70. The van der Waals surface area contributed by atoms with E-state index in [-0.39, 0.29) is 0 Å². The molecule has 2 nitrogen and oxygen atoms in total. The molecule has 0 unspecified atom stereocenters. The van der Waals surface area contributed by atoms with Gasteiger partial charge in [-0.1, -0.05) is 0 Å². The second kappa shape index (κ2) is 6.72. The van der Waals surface area contributed by atoms with Crippen LogP contribution in [0.25, 0.3) is 0 Å². The summed E-state index contributed by atoms with van der Waals surface area (Å²) < 4.78 is 197. The van der Waals surface area contributed by atoms with E-state index in [9.17, 15) is 70.7 Å². The number of hydrogen-bond acceptors (Lipinski definition) is 2. The zero-order valence-electron chi connectivity index (χ0n) is 14.0. The summed E-state index contributed by atoms with van der Waals surface area (Å²) in [4.78, 5) is 11.0. The molecule has 29 heavy (non-hydrogen) atoms. The van der Waals surface area contributed by atoms with Crippen molar-refractivity contribution in [2.24, 2.45) is 0 Å². The number of ether oxygens (including phenoxy) is 1. The Bertz CT molecular complexity index is 626. The largest absolute Gasteiger partial charge is 0.460 e. The standard InChI is InChI=1S/C12H9F15O2/c1-5(2,3)29-4(28)6(13,14)7(15,16)8(17,18)9(19,20)10(21,22)11(23,24)12(25,26)27/h1-3H3. The van der Waals surface area contributed by atoms with E-state index in [0.717, 1.165) is 0 Å². The van der Waals surface area contributed by atoms with Gasteiger partial charge in [0.1, 0.15) is 5.60 Å². The van der Waals surface area contributed by atoms with Crippen molar-refractivity contribution >= 4 is 5.97 Å². The average molecular weight is 470 g/mol. The average Bonchev–Trinajstić information content (AvgIpc) is 2.42. The SMILES string of the molecule is CC(C)(C)OC(=O)C(F)(F)C(F)(F)C(F)(F)C(F)(F)C(F)(F)C(F)(F)C(F)(F)F. The summed E-state index contributed by atoms with van der Waals surface area (Å²) in [5.74, 6) is -51.8. The van der Waals surface area contributed by atoms with Crippen LogP contribution in [0.2, 0.25) is 0 Å². The molecule has 0 aliphatic rings. The van der Waals surface area contributed by atoms with E-state index in [1.54, 1.807) is 0 Å². The van der Waals surface area contributed by atoms with E-state index in [0.29, 0.717) is 20.8 Å². The smallest absolute Gasteiger partial charge is 0.455 e. The lowest BCUT2D eigenvalue weighted by Crippen LogP contribution is -2.73. The van der Waals surface area contributed by atoms with Crippen molar-refractivity contribution in [3.05, 3.63) is 0 Å². The highest BCUT2D eigenvalue weighted by atomic mass is 19.4. The lowest BCUT2D eigenvalue weighted by Gasteiger charge is -2.41. The molecule has 0 aromatic heterocycles. The molecule has 0 N–H and O–H groups in total. The highest BCUT2D eigenvalue weighted by Crippen LogP contribution is 2.62. The Morgan fingerprint density at radius 2 is 0.793 bits per heavy atom. The van der Waals surface area contributed by atoms with E-state index < -0.39 is 53.3 Å². The summed E-state index contributed by atoms with van der Waals surface area (Å²) in [5, 5.41) is 0. The molecule has 0 aliphatic heterocycles. The maximum absolute atomic E-state index is 13.4. The molecule has 0 heterocycles. The number of hydrogen-bond donors (Lipinski definition) is 0. The third kappa shape index (κ3) is 3.92. The predicted octanol–water partition coefficient (Wildman–Crippen LogP) is 5.70. The Balaban J connectivity index is 6.54. The van der Waals surface area contributed by atoms with Crippen LogP contribution >= 0.6 is 0 Å². The van der Waals surface area contributed by atoms with Crippen molar-refractivity contribution in [2.75, 3.05) is 0 Å². The highest BCUT2D eigenvalue weighted by Gasteiger charge is 2.94. The Kier molecular flexibility index (Phi) is 6.35. The van der Waals surface area contributed by atoms with Gasteiger partial charge in [-0.2, -0.15) is 65.9 Å². The van der Waals surface area contributed by atoms with Gasteiger partial charge in [0.15, 0.2) is 0 Å². The van der Waals surface area contributed by atoms with Crippen LogP contribution < -0.4 is 0 Å². The first-order chi connectivity index (χ1) is 12.1. The monoisotopic (exact) mass is 470 g/mol. The van der Waals surface area contributed by atoms with Crippen LogP contribution in [0.15, 0.2) is 0 Å². The first-order valence-corrected chi connectivity index (χ1v) is 6.70. The number of carbonyl (C=O) groups is 1. The Morgan fingerprint density at radius 3 is 1.07 bits per heavy atom. The number of esters is 1. The first kappa shape index (κ1) is 27.4. The summed E-state index contributed by atoms with van der Waals surface area (Å²) in [7, 11) is 0. The van der Waals surface area contributed by atoms with E-state index in [1.807, 2.05) is 0 Å². The summed E-state index contributed by atoms with van der Waals surface area (Å²) in [6.07, 6.45) is -7.68. The Morgan fingerprint density at radius 1 is 0.517 bits per heavy atom. The molecule has 0 rings (SSSR count). The third-order valence-corrected chi connectivity index (χ3v) is 2.98. The van der Waals surface area contributed by atoms with E-state index in [1.165, 1.54) is 0 Å². The van der Waals surface area contributed by atoms with Gasteiger partial charge in [0.2, 0.25) is 0 Å². The zero-order valence-corrected chi connectivity index (χ0v) is 14.0. The van der Waals surface area contributed by atoms with Gasteiger partial charge < -0.3 is 4.74 Å². The Labute approximate surface area is 151 Å². The van der Waals surface area contributed by atoms with Gasteiger partial charge in [-0.3, -0.25) is 0 Å². The van der Waals surface area contributed by atoms with Crippen molar-refractivity contribution in [1.29, 1.82) is 0 Å². The van der Waals surface area contributed by atoms with Crippen LogP contribution in [-0.2, 0) is 9.53 Å². The summed E-state index contributed by atoms with van der Waals surface area (Å²) >= 11 is 0. The normalized spacial score (nSPS) is 16.1. The van der Waals surface area contributed by atoms with Gasteiger partial charge >= 0.3 is 47.7 Å². The lowest BCUT2D eigenvalue weighted by molar-refractivity contribution is -0.450. The molecule has 0 bridgehead atoms. The molecule has 17 heteroatoms. The summed E-state index contributed by atoms with van der Waals surface area (Å²) in [6.45, 7) is 2.05. The van der Waals surface area contributed by atoms with Gasteiger partial charge in [-0.25, -0.2) is 4.79 Å². The van der Waals surface area contributed by atoms with E-state index >= 15 is 0 Å². The highest BCUT2D eigenvalue weighted by molar-refractivity contribution is 5.79. The number of alkyl halides is 15. The summed E-state index contributed by atoms with van der Waals surface area (Å²) in [5.41, 5.74) is -2.15. The van der Waals surface area contributed by atoms with Crippen LogP contribution in [-0.4, -0.2) is 53.3 Å². The van der Waals surface area contributed by atoms with Crippen molar-refractivity contribution < 1.29 is 75.4 Å². The van der Waals surface area contributed by atoms with Crippen molar-refractivity contribution in [3.8, 4) is 0 Å². The maximum Gasteiger partial charge on any atom is 0.460 e. The molecule has 0 aromatic carbocycles. The summed E-state index contributed by atoms with van der Waals surface area (Å²) in [6, 6.07) is 0. The van der Waals surface area contributed by atoms with Crippen LogP contribution in [0.3, 0.4) is 0 Å². The van der Waals surface area contributed by atoms with Crippen molar-refractivity contribution in [2.45, 2.75) is 68.1 Å². The van der Waals surface area contributed by atoms with E-state index in [4.69, 9.17) is 0 Å². The van der Waals surface area contributed by atoms with Crippen LogP contribution in [0.5, 0.6) is 0 Å². The van der Waals surface area contributed by atoms with Gasteiger partial charge in [0.05, 0.1) is 0 Å². The zero-order chi connectivity index (χ0) is 24.3. The lowest BCUT2D eigenvalue weighted by atomic mass is 9.91. The topological polar surface area (TPSA) is 26.3 Å². The minimum absolute atomic E-state index is 0.684.